The number of anilines is 1. The summed E-state index contributed by atoms with van der Waals surface area (Å²) in [6.07, 6.45) is 1.76. The first-order chi connectivity index (χ1) is 15.9. The van der Waals surface area contributed by atoms with E-state index in [-0.39, 0.29) is 24.1 Å². The number of hydrogen-bond donors (Lipinski definition) is 1. The summed E-state index contributed by atoms with van der Waals surface area (Å²) in [6.45, 7) is 3.74. The largest absolute Gasteiger partial charge is 0.353 e. The highest BCUT2D eigenvalue weighted by Crippen LogP contribution is 2.28. The molecule has 0 aliphatic carbocycles. The standard InChI is InChI=1S/C22H21ClN6O4/c23-17-2-1-6-24-19(17)27-10-8-26(9-11-27)13-14-3-4-15-16(12-14)21(32)29(20(15)31)28-7-5-18(30)25-22(28)33/h1-4,6,12H,5,7-11,13H2,(H,25,30,33). The zero-order valence-electron chi connectivity index (χ0n) is 17.7. The van der Waals surface area contributed by atoms with Gasteiger partial charge in [0.1, 0.15) is 5.82 Å². The number of aromatic nitrogens is 1. The number of urea groups is 1. The van der Waals surface area contributed by atoms with Crippen LogP contribution in [0.2, 0.25) is 5.02 Å². The first kappa shape index (κ1) is 21.4. The Balaban J connectivity index is 1.26. The zero-order valence-corrected chi connectivity index (χ0v) is 18.4. The van der Waals surface area contributed by atoms with Crippen molar-refractivity contribution < 1.29 is 19.2 Å². The number of halogens is 1. The van der Waals surface area contributed by atoms with Gasteiger partial charge in [0, 0.05) is 45.3 Å². The number of nitrogens with one attached hydrogen (secondary N) is 1. The maximum absolute atomic E-state index is 13.0. The van der Waals surface area contributed by atoms with E-state index < -0.39 is 23.8 Å². The quantitative estimate of drug-likeness (QED) is 0.678. The molecule has 0 atom stereocenters. The molecular formula is C22H21ClN6O4. The number of amides is 5. The van der Waals surface area contributed by atoms with E-state index >= 15 is 0 Å². The van der Waals surface area contributed by atoms with Crippen molar-refractivity contribution in [3.05, 3.63) is 58.2 Å². The van der Waals surface area contributed by atoms with Gasteiger partial charge in [0.15, 0.2) is 0 Å². The maximum atomic E-state index is 13.0. The fourth-order valence-electron chi connectivity index (χ4n) is 4.33. The molecular weight excluding hydrogens is 448 g/mol. The fraction of sp³-hybridized carbons (Fsp3) is 0.318. The number of fused-ring (bicyclic) bond motifs is 1. The summed E-state index contributed by atoms with van der Waals surface area (Å²) in [6, 6.07) is 8.03. The van der Waals surface area contributed by atoms with E-state index in [4.69, 9.17) is 11.6 Å². The highest BCUT2D eigenvalue weighted by Gasteiger charge is 2.43. The van der Waals surface area contributed by atoms with Gasteiger partial charge in [0.25, 0.3) is 11.8 Å². The van der Waals surface area contributed by atoms with Gasteiger partial charge in [0.2, 0.25) is 5.91 Å². The van der Waals surface area contributed by atoms with Crippen molar-refractivity contribution in [1.82, 2.24) is 25.2 Å². The first-order valence-electron chi connectivity index (χ1n) is 10.6. The number of piperazine rings is 1. The molecule has 1 N–H and O–H groups in total. The second kappa shape index (κ2) is 8.45. The van der Waals surface area contributed by atoms with Gasteiger partial charge in [-0.25, -0.2) is 14.8 Å². The molecule has 0 spiro atoms. The van der Waals surface area contributed by atoms with Crippen LogP contribution in [0.3, 0.4) is 0 Å². The molecule has 10 nitrogen and oxygen atoms in total. The van der Waals surface area contributed by atoms with Crippen molar-refractivity contribution in [2.24, 2.45) is 0 Å². The van der Waals surface area contributed by atoms with Crippen molar-refractivity contribution in [1.29, 1.82) is 0 Å². The highest BCUT2D eigenvalue weighted by atomic mass is 35.5. The van der Waals surface area contributed by atoms with Gasteiger partial charge in [-0.2, -0.15) is 5.01 Å². The van der Waals surface area contributed by atoms with E-state index in [2.05, 4.69) is 20.1 Å². The van der Waals surface area contributed by atoms with Crippen LogP contribution in [0.15, 0.2) is 36.5 Å². The van der Waals surface area contributed by atoms with E-state index in [0.29, 0.717) is 11.6 Å². The number of hydrogen-bond acceptors (Lipinski definition) is 7. The van der Waals surface area contributed by atoms with Crippen molar-refractivity contribution in [2.75, 3.05) is 37.6 Å². The molecule has 2 fully saturated rings. The number of carbonyl (C=O) groups is 4. The van der Waals surface area contributed by atoms with Gasteiger partial charge < -0.3 is 4.90 Å². The molecule has 11 heteroatoms. The fourth-order valence-corrected chi connectivity index (χ4v) is 4.57. The van der Waals surface area contributed by atoms with Crippen LogP contribution < -0.4 is 10.2 Å². The van der Waals surface area contributed by atoms with E-state index in [1.54, 1.807) is 24.4 Å². The Morgan fingerprint density at radius 1 is 0.939 bits per heavy atom. The molecule has 3 aliphatic rings. The molecule has 33 heavy (non-hydrogen) atoms. The molecule has 0 saturated carbocycles. The molecule has 0 unspecified atom stereocenters. The minimum absolute atomic E-state index is 0.0203. The number of imide groups is 2. The summed E-state index contributed by atoms with van der Waals surface area (Å²) < 4.78 is 0. The monoisotopic (exact) mass is 468 g/mol. The summed E-state index contributed by atoms with van der Waals surface area (Å²) >= 11 is 6.26. The Morgan fingerprint density at radius 3 is 2.42 bits per heavy atom. The SMILES string of the molecule is O=C1CCN(N2C(=O)c3ccc(CN4CCN(c5ncccc5Cl)CC4)cc3C2=O)C(=O)N1. The van der Waals surface area contributed by atoms with Crippen LogP contribution in [0.1, 0.15) is 32.7 Å². The third-order valence-corrected chi connectivity index (χ3v) is 6.31. The third-order valence-electron chi connectivity index (χ3n) is 6.02. The Morgan fingerprint density at radius 2 is 1.70 bits per heavy atom. The van der Waals surface area contributed by atoms with E-state index in [9.17, 15) is 19.2 Å². The number of rotatable bonds is 4. The average Bonchev–Trinajstić information content (AvgIpc) is 3.05. The number of hydrazine groups is 1. The second-order valence-electron chi connectivity index (χ2n) is 8.10. The Hall–Kier alpha value is -3.50. The Bertz CT molecular complexity index is 1160. The van der Waals surface area contributed by atoms with Crippen LogP contribution in [-0.2, 0) is 11.3 Å². The van der Waals surface area contributed by atoms with Gasteiger partial charge in [-0.3, -0.25) is 24.6 Å². The summed E-state index contributed by atoms with van der Waals surface area (Å²) in [5.74, 6) is -0.771. The van der Waals surface area contributed by atoms with Crippen molar-refractivity contribution in [2.45, 2.75) is 13.0 Å². The van der Waals surface area contributed by atoms with Crippen LogP contribution in [0.4, 0.5) is 10.6 Å². The smallest absolute Gasteiger partial charge is 0.343 e. The lowest BCUT2D eigenvalue weighted by atomic mass is 10.1. The molecule has 1 aromatic heterocycles. The van der Waals surface area contributed by atoms with E-state index in [1.165, 1.54) is 0 Å². The van der Waals surface area contributed by atoms with Gasteiger partial charge >= 0.3 is 6.03 Å². The number of benzene rings is 1. The molecule has 170 valence electrons. The third kappa shape index (κ3) is 3.91. The highest BCUT2D eigenvalue weighted by molar-refractivity contribution is 6.32. The topological polar surface area (TPSA) is 106 Å². The molecule has 2 saturated heterocycles. The van der Waals surface area contributed by atoms with Gasteiger partial charge in [-0.05, 0) is 29.8 Å². The molecule has 2 aromatic rings. The van der Waals surface area contributed by atoms with Crippen LogP contribution in [0.25, 0.3) is 0 Å². The molecule has 0 radical (unpaired) electrons. The van der Waals surface area contributed by atoms with E-state index in [1.807, 2.05) is 12.1 Å². The van der Waals surface area contributed by atoms with Gasteiger partial charge in [-0.1, -0.05) is 17.7 Å². The number of nitrogens with zero attached hydrogens (tertiary/aromatic N) is 5. The lowest BCUT2D eigenvalue weighted by Gasteiger charge is -2.35. The lowest BCUT2D eigenvalue weighted by Crippen LogP contribution is -2.58. The Kier molecular flexibility index (Phi) is 5.47. The normalized spacial score (nSPS) is 19.2. The van der Waals surface area contributed by atoms with Crippen molar-refractivity contribution in [3.8, 4) is 0 Å². The van der Waals surface area contributed by atoms with E-state index in [0.717, 1.165) is 47.6 Å². The number of carbonyl (C=O) groups excluding carboxylic acids is 4. The molecule has 4 heterocycles. The summed E-state index contributed by atoms with van der Waals surface area (Å²) in [4.78, 5) is 58.1. The second-order valence-corrected chi connectivity index (χ2v) is 8.51. The molecule has 3 aliphatic heterocycles. The molecule has 5 amide bonds. The molecule has 1 aromatic carbocycles. The maximum Gasteiger partial charge on any atom is 0.343 e. The predicted molar refractivity (Wildman–Crippen MR) is 119 cm³/mol. The van der Waals surface area contributed by atoms with Crippen LogP contribution >= 0.6 is 11.6 Å². The summed E-state index contributed by atoms with van der Waals surface area (Å²) in [7, 11) is 0. The molecule has 0 bridgehead atoms. The van der Waals surface area contributed by atoms with Crippen LogP contribution in [-0.4, -0.2) is 76.4 Å². The first-order valence-corrected chi connectivity index (χ1v) is 11.0. The van der Waals surface area contributed by atoms with Gasteiger partial charge in [-0.15, -0.1) is 0 Å². The van der Waals surface area contributed by atoms with Crippen molar-refractivity contribution >= 4 is 41.2 Å². The van der Waals surface area contributed by atoms with Crippen LogP contribution in [0, 0.1) is 0 Å². The van der Waals surface area contributed by atoms with Crippen molar-refractivity contribution in [3.63, 3.8) is 0 Å². The molecule has 5 rings (SSSR count). The average molecular weight is 469 g/mol. The minimum Gasteiger partial charge on any atom is -0.353 e. The summed E-state index contributed by atoms with van der Waals surface area (Å²) in [5.41, 5.74) is 1.42. The lowest BCUT2D eigenvalue weighted by molar-refractivity contribution is -0.122. The minimum atomic E-state index is -0.771. The Labute approximate surface area is 194 Å². The predicted octanol–water partition coefficient (Wildman–Crippen LogP) is 1.51. The zero-order chi connectivity index (χ0) is 23.1. The van der Waals surface area contributed by atoms with Gasteiger partial charge in [0.05, 0.1) is 22.7 Å². The summed E-state index contributed by atoms with van der Waals surface area (Å²) in [5, 5.41) is 4.58. The van der Waals surface area contributed by atoms with Crippen LogP contribution in [0.5, 0.6) is 0 Å². The number of pyridine rings is 1.